The molecule has 80 valence electrons. The zero-order valence-electron chi connectivity index (χ0n) is 9.84. The number of rotatable bonds is 3. The van der Waals surface area contributed by atoms with Gasteiger partial charge in [0.05, 0.1) is 0 Å². The molecule has 14 heavy (non-hydrogen) atoms. The number of hydrogen-bond donors (Lipinski definition) is 0. The molecule has 1 aliphatic carbocycles. The lowest BCUT2D eigenvalue weighted by atomic mass is 9.64. The molecule has 0 aromatic carbocycles. The van der Waals surface area contributed by atoms with E-state index in [0.29, 0.717) is 5.92 Å². The van der Waals surface area contributed by atoms with E-state index in [-0.39, 0.29) is 11.3 Å². The minimum Gasteiger partial charge on any atom is -0.303 e. The van der Waals surface area contributed by atoms with Crippen molar-refractivity contribution in [2.75, 3.05) is 0 Å². The molecule has 0 aliphatic heterocycles. The fourth-order valence-corrected chi connectivity index (χ4v) is 2.70. The highest BCUT2D eigenvalue weighted by molar-refractivity contribution is 5.56. The molecule has 1 heteroatoms. The second kappa shape index (κ2) is 4.29. The Morgan fingerprint density at radius 1 is 1.57 bits per heavy atom. The Bertz CT molecular complexity index is 238. The van der Waals surface area contributed by atoms with E-state index in [1.165, 1.54) is 11.9 Å². The fraction of sp³-hybridized carbons (Fsp3) is 0.769. The van der Waals surface area contributed by atoms with Crippen molar-refractivity contribution >= 4 is 6.29 Å². The molecule has 0 heterocycles. The van der Waals surface area contributed by atoms with Gasteiger partial charge in [-0.3, -0.25) is 0 Å². The zero-order valence-corrected chi connectivity index (χ0v) is 9.84. The van der Waals surface area contributed by atoms with Crippen LogP contribution in [-0.2, 0) is 4.79 Å². The first-order valence-corrected chi connectivity index (χ1v) is 5.65. The van der Waals surface area contributed by atoms with Crippen LogP contribution in [0.4, 0.5) is 0 Å². The predicted molar refractivity (Wildman–Crippen MR) is 60.1 cm³/mol. The molecule has 0 saturated carbocycles. The van der Waals surface area contributed by atoms with Gasteiger partial charge in [0.2, 0.25) is 0 Å². The monoisotopic (exact) mass is 194 g/mol. The van der Waals surface area contributed by atoms with Gasteiger partial charge in [0, 0.05) is 5.92 Å². The van der Waals surface area contributed by atoms with Crippen molar-refractivity contribution in [3.63, 3.8) is 0 Å². The summed E-state index contributed by atoms with van der Waals surface area (Å²) >= 11 is 0. The Hall–Kier alpha value is -0.590. The van der Waals surface area contributed by atoms with E-state index in [4.69, 9.17) is 0 Å². The lowest BCUT2D eigenvalue weighted by Crippen LogP contribution is -2.33. The van der Waals surface area contributed by atoms with Crippen molar-refractivity contribution in [3.05, 3.63) is 11.6 Å². The molecule has 1 aliphatic rings. The van der Waals surface area contributed by atoms with Crippen LogP contribution in [0.3, 0.4) is 0 Å². The summed E-state index contributed by atoms with van der Waals surface area (Å²) in [6.45, 7) is 8.94. The van der Waals surface area contributed by atoms with Crippen LogP contribution in [0.25, 0.3) is 0 Å². The average Bonchev–Trinajstić information content (AvgIpc) is 2.17. The van der Waals surface area contributed by atoms with Crippen LogP contribution >= 0.6 is 0 Å². The molecular formula is C13H22O. The maximum Gasteiger partial charge on any atom is 0.123 e. The minimum atomic E-state index is 0.245. The fourth-order valence-electron chi connectivity index (χ4n) is 2.70. The summed E-state index contributed by atoms with van der Waals surface area (Å²) in [5.74, 6) is 0.702. The molecule has 0 spiro atoms. The highest BCUT2D eigenvalue weighted by Gasteiger charge is 2.36. The van der Waals surface area contributed by atoms with Gasteiger partial charge in [-0.25, -0.2) is 0 Å². The van der Waals surface area contributed by atoms with Gasteiger partial charge in [-0.1, -0.05) is 38.8 Å². The van der Waals surface area contributed by atoms with E-state index in [1.807, 2.05) is 0 Å². The molecule has 2 atom stereocenters. The highest BCUT2D eigenvalue weighted by atomic mass is 16.1. The summed E-state index contributed by atoms with van der Waals surface area (Å²) in [7, 11) is 0. The second-order valence-electron chi connectivity index (χ2n) is 5.15. The maximum absolute atomic E-state index is 11.1. The minimum absolute atomic E-state index is 0.245. The maximum atomic E-state index is 11.1. The third-order valence-corrected chi connectivity index (χ3v) is 3.81. The van der Waals surface area contributed by atoms with Gasteiger partial charge >= 0.3 is 0 Å². The third kappa shape index (κ3) is 2.08. The Morgan fingerprint density at radius 2 is 2.21 bits per heavy atom. The molecule has 0 amide bonds. The van der Waals surface area contributed by atoms with Gasteiger partial charge in [0.15, 0.2) is 0 Å². The van der Waals surface area contributed by atoms with Crippen molar-refractivity contribution in [1.29, 1.82) is 0 Å². The van der Waals surface area contributed by atoms with Crippen LogP contribution < -0.4 is 0 Å². The SMILES string of the molecule is CCC(C)(C)C1C(C)=CCCC1C=O. The Labute approximate surface area is 87.6 Å². The van der Waals surface area contributed by atoms with Crippen LogP contribution in [-0.4, -0.2) is 6.29 Å². The first-order chi connectivity index (χ1) is 6.53. The van der Waals surface area contributed by atoms with Gasteiger partial charge in [-0.05, 0) is 31.1 Å². The van der Waals surface area contributed by atoms with E-state index >= 15 is 0 Å². The normalized spacial score (nSPS) is 28.4. The van der Waals surface area contributed by atoms with Crippen molar-refractivity contribution in [1.82, 2.24) is 0 Å². The van der Waals surface area contributed by atoms with Gasteiger partial charge in [-0.2, -0.15) is 0 Å². The Balaban J connectivity index is 2.95. The summed E-state index contributed by atoms with van der Waals surface area (Å²) in [5, 5.41) is 0. The van der Waals surface area contributed by atoms with Crippen molar-refractivity contribution in [2.24, 2.45) is 17.3 Å². The molecule has 0 saturated heterocycles. The predicted octanol–water partition coefficient (Wildman–Crippen LogP) is 3.59. The molecule has 0 radical (unpaired) electrons. The van der Waals surface area contributed by atoms with Crippen LogP contribution in [0.1, 0.15) is 47.0 Å². The zero-order chi connectivity index (χ0) is 10.8. The van der Waals surface area contributed by atoms with Crippen molar-refractivity contribution in [3.8, 4) is 0 Å². The van der Waals surface area contributed by atoms with Gasteiger partial charge in [-0.15, -0.1) is 0 Å². The first-order valence-electron chi connectivity index (χ1n) is 5.65. The summed E-state index contributed by atoms with van der Waals surface area (Å²) in [6, 6.07) is 0. The van der Waals surface area contributed by atoms with Gasteiger partial charge in [0.1, 0.15) is 6.29 Å². The molecule has 0 aromatic rings. The molecule has 0 bridgehead atoms. The summed E-state index contributed by atoms with van der Waals surface area (Å²) in [6.07, 6.45) is 6.72. The van der Waals surface area contributed by atoms with Crippen molar-refractivity contribution in [2.45, 2.75) is 47.0 Å². The quantitative estimate of drug-likeness (QED) is 0.495. The second-order valence-corrected chi connectivity index (χ2v) is 5.15. The number of hydrogen-bond acceptors (Lipinski definition) is 1. The first kappa shape index (κ1) is 11.5. The van der Waals surface area contributed by atoms with Crippen LogP contribution in [0.2, 0.25) is 0 Å². The van der Waals surface area contributed by atoms with E-state index in [9.17, 15) is 4.79 Å². The number of aldehydes is 1. The van der Waals surface area contributed by atoms with E-state index in [0.717, 1.165) is 19.3 Å². The Kier molecular flexibility index (Phi) is 3.52. The molecular weight excluding hydrogens is 172 g/mol. The number of carbonyl (C=O) groups excluding carboxylic acids is 1. The number of carbonyl (C=O) groups is 1. The smallest absolute Gasteiger partial charge is 0.123 e. The van der Waals surface area contributed by atoms with Gasteiger partial charge in [0.25, 0.3) is 0 Å². The average molecular weight is 194 g/mol. The van der Waals surface area contributed by atoms with E-state index in [2.05, 4.69) is 33.8 Å². The molecule has 0 N–H and O–H groups in total. The summed E-state index contributed by atoms with van der Waals surface area (Å²) < 4.78 is 0. The van der Waals surface area contributed by atoms with E-state index < -0.39 is 0 Å². The topological polar surface area (TPSA) is 17.1 Å². The van der Waals surface area contributed by atoms with Crippen molar-refractivity contribution < 1.29 is 4.79 Å². The third-order valence-electron chi connectivity index (χ3n) is 3.81. The van der Waals surface area contributed by atoms with E-state index in [1.54, 1.807) is 0 Å². The van der Waals surface area contributed by atoms with Gasteiger partial charge < -0.3 is 4.79 Å². The van der Waals surface area contributed by atoms with Crippen LogP contribution in [0, 0.1) is 17.3 Å². The molecule has 1 nitrogen and oxygen atoms in total. The molecule has 1 rings (SSSR count). The lowest BCUT2D eigenvalue weighted by molar-refractivity contribution is -0.113. The molecule has 2 unspecified atom stereocenters. The number of allylic oxidation sites excluding steroid dienone is 2. The van der Waals surface area contributed by atoms with Crippen LogP contribution in [0.15, 0.2) is 11.6 Å². The molecule has 0 aromatic heterocycles. The van der Waals surface area contributed by atoms with Crippen LogP contribution in [0.5, 0.6) is 0 Å². The Morgan fingerprint density at radius 3 is 2.71 bits per heavy atom. The lowest BCUT2D eigenvalue weighted by Gasteiger charge is -2.40. The standard InChI is InChI=1S/C13H22O/c1-5-13(3,4)12-10(2)7-6-8-11(12)9-14/h7,9,11-12H,5-6,8H2,1-4H3. The summed E-state index contributed by atoms with van der Waals surface area (Å²) in [4.78, 5) is 11.1. The largest absolute Gasteiger partial charge is 0.303 e. The summed E-state index contributed by atoms with van der Waals surface area (Å²) in [5.41, 5.74) is 1.67. The highest BCUT2D eigenvalue weighted by Crippen LogP contribution is 2.43. The molecule has 0 fully saturated rings.